The lowest BCUT2D eigenvalue weighted by Gasteiger charge is -2.16. The average Bonchev–Trinajstić information content (AvgIpc) is 2.86. The fourth-order valence-electron chi connectivity index (χ4n) is 2.46. The van der Waals surface area contributed by atoms with Gasteiger partial charge in [0.2, 0.25) is 0 Å². The molecule has 0 saturated carbocycles. The first kappa shape index (κ1) is 15.5. The van der Waals surface area contributed by atoms with E-state index in [1.165, 1.54) is 11.0 Å². The van der Waals surface area contributed by atoms with Gasteiger partial charge in [-0.25, -0.2) is 8.42 Å². The molecule has 0 bridgehead atoms. The van der Waals surface area contributed by atoms with Gasteiger partial charge in [0, 0.05) is 24.9 Å². The second-order valence-corrected chi connectivity index (χ2v) is 7.31. The summed E-state index contributed by atoms with van der Waals surface area (Å²) in [5.41, 5.74) is 0.853. The summed E-state index contributed by atoms with van der Waals surface area (Å²) in [4.78, 5) is 24.8. The number of sulfone groups is 1. The number of aryl methyl sites for hydroxylation is 1. The summed E-state index contributed by atoms with van der Waals surface area (Å²) < 4.78 is 23.4. The highest BCUT2D eigenvalue weighted by atomic mass is 32.2. The van der Waals surface area contributed by atoms with Crippen LogP contribution in [0.2, 0.25) is 0 Å². The molecule has 114 valence electrons. The summed E-state index contributed by atoms with van der Waals surface area (Å²) in [7, 11) is -3.40. The summed E-state index contributed by atoms with van der Waals surface area (Å²) in [6, 6.07) is 4.52. The molecule has 1 fully saturated rings. The van der Waals surface area contributed by atoms with Crippen LogP contribution in [0.4, 0.5) is 0 Å². The molecule has 0 spiro atoms. The van der Waals surface area contributed by atoms with Gasteiger partial charge in [0.05, 0.1) is 10.8 Å². The monoisotopic (exact) mass is 311 g/mol. The van der Waals surface area contributed by atoms with Crippen LogP contribution in [-0.4, -0.2) is 49.6 Å². The van der Waals surface area contributed by atoms with Gasteiger partial charge in [-0.1, -0.05) is 6.07 Å². The predicted molar refractivity (Wildman–Crippen MR) is 75.9 cm³/mol. The lowest BCUT2D eigenvalue weighted by atomic mass is 10.1. The van der Waals surface area contributed by atoms with Crippen LogP contribution in [0.5, 0.6) is 0 Å². The van der Waals surface area contributed by atoms with Gasteiger partial charge in [-0.3, -0.25) is 9.59 Å². The Morgan fingerprint density at radius 3 is 2.52 bits per heavy atom. The van der Waals surface area contributed by atoms with Gasteiger partial charge in [0.15, 0.2) is 9.84 Å². The molecular formula is C14H17NO5S. The molecule has 1 N–H and O–H groups in total. The number of benzene rings is 1. The minimum absolute atomic E-state index is 0.127. The van der Waals surface area contributed by atoms with Gasteiger partial charge >= 0.3 is 5.97 Å². The zero-order chi connectivity index (χ0) is 15.8. The fourth-order valence-corrected chi connectivity index (χ4v) is 3.46. The third kappa shape index (κ3) is 3.24. The zero-order valence-corrected chi connectivity index (χ0v) is 12.7. The van der Waals surface area contributed by atoms with E-state index in [1.54, 1.807) is 19.1 Å². The van der Waals surface area contributed by atoms with Gasteiger partial charge in [0.1, 0.15) is 0 Å². The van der Waals surface area contributed by atoms with Crippen LogP contribution in [0.3, 0.4) is 0 Å². The topological polar surface area (TPSA) is 91.8 Å². The van der Waals surface area contributed by atoms with Crippen molar-refractivity contribution in [1.29, 1.82) is 0 Å². The van der Waals surface area contributed by atoms with Crippen molar-refractivity contribution >= 4 is 21.7 Å². The number of aliphatic carboxylic acids is 1. The van der Waals surface area contributed by atoms with Gasteiger partial charge in [-0.05, 0) is 31.0 Å². The van der Waals surface area contributed by atoms with E-state index in [1.807, 2.05) is 0 Å². The Bertz CT molecular complexity index is 695. The fraction of sp³-hybridized carbons (Fsp3) is 0.429. The molecule has 7 heteroatoms. The summed E-state index contributed by atoms with van der Waals surface area (Å²) in [6.07, 6.45) is 1.52. The first-order valence-corrected chi connectivity index (χ1v) is 8.42. The lowest BCUT2D eigenvalue weighted by Crippen LogP contribution is -2.30. The molecule has 6 nitrogen and oxygen atoms in total. The Balaban J connectivity index is 2.27. The molecule has 0 aromatic heterocycles. The van der Waals surface area contributed by atoms with Crippen LogP contribution in [0.1, 0.15) is 22.3 Å². The number of carbonyl (C=O) groups is 2. The van der Waals surface area contributed by atoms with Crippen LogP contribution in [0, 0.1) is 12.8 Å². The SMILES string of the molecule is Cc1ccc(C(=O)N2CC[C@@H](C(=O)O)C2)cc1S(C)(=O)=O. The molecule has 1 aliphatic heterocycles. The Hall–Kier alpha value is -1.89. The maximum atomic E-state index is 12.3. The number of hydrogen-bond donors (Lipinski definition) is 1. The largest absolute Gasteiger partial charge is 0.481 e. The predicted octanol–water partition coefficient (Wildman–Crippen LogP) is 0.945. The van der Waals surface area contributed by atoms with Crippen molar-refractivity contribution in [1.82, 2.24) is 4.90 Å². The number of nitrogens with zero attached hydrogens (tertiary/aromatic N) is 1. The van der Waals surface area contributed by atoms with E-state index in [0.717, 1.165) is 6.26 Å². The first-order valence-electron chi connectivity index (χ1n) is 6.53. The molecule has 1 aliphatic rings. The minimum Gasteiger partial charge on any atom is -0.481 e. The zero-order valence-electron chi connectivity index (χ0n) is 11.9. The van der Waals surface area contributed by atoms with Gasteiger partial charge in [-0.2, -0.15) is 0 Å². The summed E-state index contributed by atoms with van der Waals surface area (Å²) in [5, 5.41) is 8.95. The number of hydrogen-bond acceptors (Lipinski definition) is 4. The standard InChI is InChI=1S/C14H17NO5S/c1-9-3-4-10(7-12(9)21(2,19)20)13(16)15-6-5-11(8-15)14(17)18/h3-4,7,11H,5-6,8H2,1-2H3,(H,17,18)/t11-/m1/s1. The molecule has 2 rings (SSSR count). The first-order chi connectivity index (χ1) is 9.70. The van der Waals surface area contributed by atoms with Crippen LogP contribution in [-0.2, 0) is 14.6 Å². The molecule has 1 aromatic carbocycles. The molecule has 1 atom stereocenters. The van der Waals surface area contributed by atoms with E-state index >= 15 is 0 Å². The smallest absolute Gasteiger partial charge is 0.308 e. The highest BCUT2D eigenvalue weighted by Gasteiger charge is 2.31. The number of amides is 1. The third-order valence-electron chi connectivity index (χ3n) is 3.66. The highest BCUT2D eigenvalue weighted by Crippen LogP contribution is 2.22. The van der Waals surface area contributed by atoms with Crippen molar-refractivity contribution in [2.45, 2.75) is 18.2 Å². The van der Waals surface area contributed by atoms with Crippen molar-refractivity contribution in [3.63, 3.8) is 0 Å². The quantitative estimate of drug-likeness (QED) is 0.897. The van der Waals surface area contributed by atoms with Crippen LogP contribution >= 0.6 is 0 Å². The Morgan fingerprint density at radius 2 is 2.00 bits per heavy atom. The van der Waals surface area contributed by atoms with Gasteiger partial charge < -0.3 is 10.0 Å². The molecular weight excluding hydrogens is 294 g/mol. The van der Waals surface area contributed by atoms with E-state index < -0.39 is 21.7 Å². The van der Waals surface area contributed by atoms with E-state index in [-0.39, 0.29) is 22.9 Å². The van der Waals surface area contributed by atoms with Gasteiger partial charge in [-0.15, -0.1) is 0 Å². The third-order valence-corrected chi connectivity index (χ3v) is 4.90. The highest BCUT2D eigenvalue weighted by molar-refractivity contribution is 7.90. The number of rotatable bonds is 3. The van der Waals surface area contributed by atoms with Crippen molar-refractivity contribution < 1.29 is 23.1 Å². The molecule has 1 aromatic rings. The molecule has 1 saturated heterocycles. The van der Waals surface area contributed by atoms with E-state index in [4.69, 9.17) is 5.11 Å². The summed E-state index contributed by atoms with van der Waals surface area (Å²) in [5.74, 6) is -1.79. The van der Waals surface area contributed by atoms with Crippen molar-refractivity contribution in [3.05, 3.63) is 29.3 Å². The maximum absolute atomic E-state index is 12.3. The maximum Gasteiger partial charge on any atom is 0.308 e. The molecule has 0 radical (unpaired) electrons. The molecule has 0 unspecified atom stereocenters. The molecule has 1 heterocycles. The van der Waals surface area contributed by atoms with Crippen molar-refractivity contribution in [2.24, 2.45) is 5.92 Å². The van der Waals surface area contributed by atoms with E-state index in [0.29, 0.717) is 18.5 Å². The number of carboxylic acid groups (broad SMARTS) is 1. The Labute approximate surface area is 123 Å². The number of likely N-dealkylation sites (tertiary alicyclic amines) is 1. The average molecular weight is 311 g/mol. The van der Waals surface area contributed by atoms with Crippen molar-refractivity contribution in [3.8, 4) is 0 Å². The number of carbonyl (C=O) groups excluding carboxylic acids is 1. The van der Waals surface area contributed by atoms with E-state index in [2.05, 4.69) is 0 Å². The molecule has 1 amide bonds. The van der Waals surface area contributed by atoms with Gasteiger partial charge in [0.25, 0.3) is 5.91 Å². The normalized spacial score (nSPS) is 18.8. The molecule has 21 heavy (non-hydrogen) atoms. The molecule has 0 aliphatic carbocycles. The van der Waals surface area contributed by atoms with Crippen molar-refractivity contribution in [2.75, 3.05) is 19.3 Å². The van der Waals surface area contributed by atoms with Crippen LogP contribution in [0.25, 0.3) is 0 Å². The van der Waals surface area contributed by atoms with E-state index in [9.17, 15) is 18.0 Å². The lowest BCUT2D eigenvalue weighted by molar-refractivity contribution is -0.141. The minimum atomic E-state index is -3.40. The summed E-state index contributed by atoms with van der Waals surface area (Å²) >= 11 is 0. The Morgan fingerprint density at radius 1 is 1.33 bits per heavy atom. The second-order valence-electron chi connectivity index (χ2n) is 5.33. The van der Waals surface area contributed by atoms with Crippen LogP contribution < -0.4 is 0 Å². The second kappa shape index (κ2) is 5.48. The summed E-state index contributed by atoms with van der Waals surface area (Å²) in [6.45, 7) is 2.20. The Kier molecular flexibility index (Phi) is 4.04. The van der Waals surface area contributed by atoms with Crippen LogP contribution in [0.15, 0.2) is 23.1 Å². The number of carboxylic acids is 1.